The van der Waals surface area contributed by atoms with Crippen molar-refractivity contribution in [2.75, 3.05) is 26.2 Å². The van der Waals surface area contributed by atoms with Crippen molar-refractivity contribution in [3.63, 3.8) is 0 Å². The molecule has 0 amide bonds. The van der Waals surface area contributed by atoms with Gasteiger partial charge in [-0.1, -0.05) is 44.7 Å². The van der Waals surface area contributed by atoms with Crippen LogP contribution >= 0.6 is 56.7 Å². The minimum atomic E-state index is 0. The molecule has 0 unspecified atom stereocenters. The summed E-state index contributed by atoms with van der Waals surface area (Å²) in [5, 5.41) is 3.47. The van der Waals surface area contributed by atoms with Crippen molar-refractivity contribution in [2.45, 2.75) is 31.7 Å². The van der Waals surface area contributed by atoms with E-state index in [0.717, 1.165) is 19.0 Å². The third kappa shape index (κ3) is 4.84. The molecule has 6 heteroatoms. The van der Waals surface area contributed by atoms with Crippen LogP contribution in [0.25, 0.3) is 0 Å². The first-order valence-electron chi connectivity index (χ1n) is 7.65. The third-order valence-electron chi connectivity index (χ3n) is 4.67. The summed E-state index contributed by atoms with van der Waals surface area (Å²) in [4.78, 5) is 2.69. The van der Waals surface area contributed by atoms with Crippen molar-refractivity contribution < 1.29 is 0 Å². The highest BCUT2D eigenvalue weighted by Crippen LogP contribution is 2.42. The lowest BCUT2D eigenvalue weighted by Gasteiger charge is -2.39. The Morgan fingerprint density at radius 1 is 1.05 bits per heavy atom. The fourth-order valence-electron chi connectivity index (χ4n) is 3.72. The van der Waals surface area contributed by atoms with Crippen molar-refractivity contribution in [1.82, 2.24) is 10.2 Å². The van der Waals surface area contributed by atoms with E-state index in [4.69, 9.17) is 0 Å². The Bertz CT molecular complexity index is 461. The van der Waals surface area contributed by atoms with Crippen LogP contribution in [0.15, 0.2) is 27.1 Å². The summed E-state index contributed by atoms with van der Waals surface area (Å²) in [6.45, 7) is 4.57. The SMILES string of the molecule is Brc1ccc(Br)c([C@H](C2CCCC2)N2CCNCC2)c1.Cl.Cl. The molecule has 2 aliphatic rings. The molecule has 1 aromatic carbocycles. The van der Waals surface area contributed by atoms with Gasteiger partial charge in [-0.2, -0.15) is 0 Å². The second-order valence-electron chi connectivity index (χ2n) is 5.94. The molecule has 2 fully saturated rings. The van der Waals surface area contributed by atoms with E-state index in [0.29, 0.717) is 6.04 Å². The topological polar surface area (TPSA) is 15.3 Å². The summed E-state index contributed by atoms with van der Waals surface area (Å²) >= 11 is 7.43. The Balaban J connectivity index is 0.00000121. The normalized spacial score (nSPS) is 21.0. The highest BCUT2D eigenvalue weighted by Gasteiger charge is 2.32. The molecule has 1 heterocycles. The summed E-state index contributed by atoms with van der Waals surface area (Å²) < 4.78 is 2.45. The Morgan fingerprint density at radius 2 is 1.68 bits per heavy atom. The lowest BCUT2D eigenvalue weighted by atomic mass is 9.90. The number of rotatable bonds is 3. The summed E-state index contributed by atoms with van der Waals surface area (Å²) in [5.41, 5.74) is 1.47. The molecular weight excluding hydrogens is 451 g/mol. The van der Waals surface area contributed by atoms with E-state index < -0.39 is 0 Å². The fourth-order valence-corrected chi connectivity index (χ4v) is 4.58. The van der Waals surface area contributed by atoms with Crippen LogP contribution in [-0.2, 0) is 0 Å². The molecule has 1 aromatic rings. The minimum absolute atomic E-state index is 0. The van der Waals surface area contributed by atoms with E-state index in [1.807, 2.05) is 0 Å². The second-order valence-corrected chi connectivity index (χ2v) is 7.71. The number of nitrogens with one attached hydrogen (secondary N) is 1. The lowest BCUT2D eigenvalue weighted by Crippen LogP contribution is -2.46. The molecule has 0 radical (unpaired) electrons. The average molecular weight is 475 g/mol. The molecular formula is C16H24Br2Cl2N2. The number of halogens is 4. The fraction of sp³-hybridized carbons (Fsp3) is 0.625. The summed E-state index contributed by atoms with van der Waals surface area (Å²) in [7, 11) is 0. The molecule has 1 atom stereocenters. The van der Waals surface area contributed by atoms with Crippen LogP contribution in [0, 0.1) is 5.92 Å². The molecule has 126 valence electrons. The Labute approximate surface area is 162 Å². The first-order chi connectivity index (χ1) is 9.75. The van der Waals surface area contributed by atoms with Crippen LogP contribution in [0.2, 0.25) is 0 Å². The number of hydrogen-bond acceptors (Lipinski definition) is 2. The van der Waals surface area contributed by atoms with E-state index in [1.165, 1.54) is 53.3 Å². The summed E-state index contributed by atoms with van der Waals surface area (Å²) in [6, 6.07) is 7.20. The van der Waals surface area contributed by atoms with Gasteiger partial charge >= 0.3 is 0 Å². The van der Waals surface area contributed by atoms with Gasteiger partial charge in [0.1, 0.15) is 0 Å². The monoisotopic (exact) mass is 472 g/mol. The number of hydrogen-bond donors (Lipinski definition) is 1. The summed E-state index contributed by atoms with van der Waals surface area (Å²) in [6.07, 6.45) is 5.57. The number of nitrogens with zero attached hydrogens (tertiary/aromatic N) is 1. The van der Waals surface area contributed by atoms with Crippen LogP contribution < -0.4 is 5.32 Å². The maximum absolute atomic E-state index is 3.78. The second kappa shape index (κ2) is 9.85. The van der Waals surface area contributed by atoms with Gasteiger partial charge in [0.15, 0.2) is 0 Å². The Kier molecular flexibility index (Phi) is 9.28. The standard InChI is InChI=1S/C16H22Br2N2.2ClH/c17-13-5-6-15(18)14(11-13)16(12-3-1-2-4-12)20-9-7-19-8-10-20;;/h5-6,11-12,16,19H,1-4,7-10H2;2*1H/t16-;;/m0../s1. The van der Waals surface area contributed by atoms with Crippen molar-refractivity contribution in [2.24, 2.45) is 5.92 Å². The minimum Gasteiger partial charge on any atom is -0.314 e. The van der Waals surface area contributed by atoms with Crippen LogP contribution in [0.1, 0.15) is 37.3 Å². The largest absolute Gasteiger partial charge is 0.314 e. The molecule has 1 aliphatic heterocycles. The van der Waals surface area contributed by atoms with E-state index in [2.05, 4.69) is 60.3 Å². The first-order valence-corrected chi connectivity index (χ1v) is 9.24. The molecule has 0 spiro atoms. The van der Waals surface area contributed by atoms with E-state index in [1.54, 1.807) is 0 Å². The lowest BCUT2D eigenvalue weighted by molar-refractivity contribution is 0.125. The predicted molar refractivity (Wildman–Crippen MR) is 105 cm³/mol. The molecule has 1 saturated carbocycles. The quantitative estimate of drug-likeness (QED) is 0.648. The van der Waals surface area contributed by atoms with Gasteiger partial charge in [0.05, 0.1) is 0 Å². The Morgan fingerprint density at radius 3 is 2.32 bits per heavy atom. The first kappa shape index (κ1) is 20.7. The molecule has 1 saturated heterocycles. The van der Waals surface area contributed by atoms with Crippen molar-refractivity contribution in [3.05, 3.63) is 32.7 Å². The zero-order chi connectivity index (χ0) is 13.9. The molecule has 22 heavy (non-hydrogen) atoms. The van der Waals surface area contributed by atoms with Gasteiger partial charge in [-0.05, 0) is 42.5 Å². The smallest absolute Gasteiger partial charge is 0.0388 e. The van der Waals surface area contributed by atoms with E-state index >= 15 is 0 Å². The molecule has 2 nitrogen and oxygen atoms in total. The van der Waals surface area contributed by atoms with Gasteiger partial charge in [0.25, 0.3) is 0 Å². The van der Waals surface area contributed by atoms with Gasteiger partial charge < -0.3 is 5.32 Å². The maximum Gasteiger partial charge on any atom is 0.0388 e. The van der Waals surface area contributed by atoms with Gasteiger partial charge in [0.2, 0.25) is 0 Å². The molecule has 0 aromatic heterocycles. The summed E-state index contributed by atoms with van der Waals surface area (Å²) in [5.74, 6) is 0.818. The average Bonchev–Trinajstić information content (AvgIpc) is 2.98. The number of benzene rings is 1. The van der Waals surface area contributed by atoms with E-state index in [-0.39, 0.29) is 24.8 Å². The molecule has 1 N–H and O–H groups in total. The highest BCUT2D eigenvalue weighted by atomic mass is 79.9. The molecule has 1 aliphatic carbocycles. The third-order valence-corrected chi connectivity index (χ3v) is 5.88. The number of piperazine rings is 1. The maximum atomic E-state index is 3.78. The Hall–Kier alpha value is 0.680. The van der Waals surface area contributed by atoms with Gasteiger partial charge in [0, 0.05) is 41.2 Å². The van der Waals surface area contributed by atoms with Crippen molar-refractivity contribution in [3.8, 4) is 0 Å². The predicted octanol–water partition coefficient (Wildman–Crippen LogP) is 5.19. The van der Waals surface area contributed by atoms with Crippen LogP contribution in [0.5, 0.6) is 0 Å². The van der Waals surface area contributed by atoms with Gasteiger partial charge in [-0.15, -0.1) is 24.8 Å². The van der Waals surface area contributed by atoms with Gasteiger partial charge in [-0.3, -0.25) is 4.90 Å². The van der Waals surface area contributed by atoms with Crippen molar-refractivity contribution >= 4 is 56.7 Å². The van der Waals surface area contributed by atoms with E-state index in [9.17, 15) is 0 Å². The van der Waals surface area contributed by atoms with Gasteiger partial charge in [-0.25, -0.2) is 0 Å². The van der Waals surface area contributed by atoms with Crippen LogP contribution in [0.3, 0.4) is 0 Å². The zero-order valence-electron chi connectivity index (χ0n) is 12.6. The van der Waals surface area contributed by atoms with Crippen LogP contribution in [0.4, 0.5) is 0 Å². The highest BCUT2D eigenvalue weighted by molar-refractivity contribution is 9.11. The molecule has 0 bridgehead atoms. The van der Waals surface area contributed by atoms with Crippen molar-refractivity contribution in [1.29, 1.82) is 0 Å². The van der Waals surface area contributed by atoms with Crippen LogP contribution in [-0.4, -0.2) is 31.1 Å². The molecule has 3 rings (SSSR count). The zero-order valence-corrected chi connectivity index (χ0v) is 17.4.